The Morgan fingerprint density at radius 1 is 0.944 bits per heavy atom. The van der Waals surface area contributed by atoms with Crippen molar-refractivity contribution in [2.45, 2.75) is 26.9 Å². The van der Waals surface area contributed by atoms with Crippen LogP contribution in [-0.2, 0) is 13.0 Å². The molecule has 1 fully saturated rings. The summed E-state index contributed by atoms with van der Waals surface area (Å²) in [6.07, 6.45) is 0.909. The van der Waals surface area contributed by atoms with Crippen molar-refractivity contribution < 1.29 is 9.13 Å². The average molecular weight is 531 g/mol. The second-order valence-electron chi connectivity index (χ2n) is 9.08. The van der Waals surface area contributed by atoms with E-state index in [0.717, 1.165) is 84.5 Å². The van der Waals surface area contributed by atoms with Crippen molar-refractivity contribution in [1.29, 1.82) is 0 Å². The van der Waals surface area contributed by atoms with E-state index in [0.29, 0.717) is 6.61 Å². The van der Waals surface area contributed by atoms with Gasteiger partial charge in [-0.1, -0.05) is 12.1 Å². The molecule has 0 spiro atoms. The van der Waals surface area contributed by atoms with Crippen LogP contribution in [-0.4, -0.2) is 57.4 Å². The lowest BCUT2D eigenvalue weighted by atomic mass is 10.1. The molecular formula is C26H29Cl2FN6O. The number of para-hydroxylation sites is 1. The minimum Gasteiger partial charge on any atom is -0.483 e. The first kappa shape index (κ1) is 26.1. The fourth-order valence-corrected chi connectivity index (χ4v) is 5.10. The maximum Gasteiger partial charge on any atom is 0.175 e. The molecule has 0 amide bonds. The van der Waals surface area contributed by atoms with Gasteiger partial charge in [0.2, 0.25) is 0 Å². The minimum absolute atomic E-state index is 0. The second-order valence-corrected chi connectivity index (χ2v) is 9.08. The first-order valence-electron chi connectivity index (χ1n) is 11.8. The van der Waals surface area contributed by atoms with Crippen LogP contribution in [0, 0.1) is 19.7 Å². The third-order valence-corrected chi connectivity index (χ3v) is 6.85. The van der Waals surface area contributed by atoms with Gasteiger partial charge in [-0.15, -0.1) is 35.0 Å². The Balaban J connectivity index is 0.00000152. The van der Waals surface area contributed by atoms with Crippen LogP contribution in [0.4, 0.5) is 10.1 Å². The van der Waals surface area contributed by atoms with Crippen LogP contribution in [0.3, 0.4) is 0 Å². The van der Waals surface area contributed by atoms with E-state index >= 15 is 0 Å². The van der Waals surface area contributed by atoms with E-state index in [1.807, 2.05) is 19.9 Å². The van der Waals surface area contributed by atoms with Crippen LogP contribution in [0.15, 0.2) is 42.5 Å². The Morgan fingerprint density at radius 2 is 1.75 bits per heavy atom. The van der Waals surface area contributed by atoms with Crippen molar-refractivity contribution in [3.63, 3.8) is 0 Å². The van der Waals surface area contributed by atoms with Crippen molar-refractivity contribution in [2.24, 2.45) is 0 Å². The van der Waals surface area contributed by atoms with Crippen molar-refractivity contribution in [3.8, 4) is 11.4 Å². The molecule has 0 saturated carbocycles. The summed E-state index contributed by atoms with van der Waals surface area (Å²) < 4.78 is 22.5. The molecule has 0 atom stereocenters. The Labute approximate surface area is 222 Å². The minimum atomic E-state index is -0.233. The maximum atomic E-state index is 14.3. The summed E-state index contributed by atoms with van der Waals surface area (Å²) in [5, 5.41) is 9.42. The predicted octanol–water partition coefficient (Wildman–Crippen LogP) is 4.67. The highest BCUT2D eigenvalue weighted by Gasteiger charge is 2.24. The summed E-state index contributed by atoms with van der Waals surface area (Å²) >= 11 is 0. The van der Waals surface area contributed by atoms with E-state index < -0.39 is 0 Å². The number of ether oxygens (including phenoxy) is 1. The largest absolute Gasteiger partial charge is 0.483 e. The lowest BCUT2D eigenvalue weighted by Gasteiger charge is -2.36. The summed E-state index contributed by atoms with van der Waals surface area (Å²) in [5.74, 6) is 2.42. The number of hydrogen-bond donors (Lipinski definition) is 0. The molecule has 0 unspecified atom stereocenters. The molecule has 4 heterocycles. The van der Waals surface area contributed by atoms with E-state index in [-0.39, 0.29) is 30.6 Å². The molecule has 6 rings (SSSR count). The lowest BCUT2D eigenvalue weighted by Crippen LogP contribution is -2.47. The molecule has 1 saturated heterocycles. The Hall–Kier alpha value is -2.94. The quantitative estimate of drug-likeness (QED) is 0.382. The van der Waals surface area contributed by atoms with Gasteiger partial charge in [-0.05, 0) is 50.1 Å². The van der Waals surface area contributed by atoms with Gasteiger partial charge in [0.1, 0.15) is 24.0 Å². The van der Waals surface area contributed by atoms with Gasteiger partial charge in [-0.2, -0.15) is 0 Å². The molecule has 2 aliphatic heterocycles. The third kappa shape index (κ3) is 4.73. The topological polar surface area (TPSA) is 59.3 Å². The Morgan fingerprint density at radius 3 is 2.56 bits per heavy atom. The van der Waals surface area contributed by atoms with E-state index in [1.54, 1.807) is 6.07 Å². The molecule has 36 heavy (non-hydrogen) atoms. The summed E-state index contributed by atoms with van der Waals surface area (Å²) in [4.78, 5) is 9.27. The zero-order chi connectivity index (χ0) is 23.2. The summed E-state index contributed by atoms with van der Waals surface area (Å²) in [6, 6.07) is 13.5. The first-order valence-corrected chi connectivity index (χ1v) is 11.8. The number of benzene rings is 2. The predicted molar refractivity (Wildman–Crippen MR) is 144 cm³/mol. The lowest BCUT2D eigenvalue weighted by molar-refractivity contribution is 0.254. The Kier molecular flexibility index (Phi) is 7.68. The second kappa shape index (κ2) is 10.6. The van der Waals surface area contributed by atoms with Crippen molar-refractivity contribution in [1.82, 2.24) is 24.6 Å². The van der Waals surface area contributed by atoms with Gasteiger partial charge in [0.15, 0.2) is 5.82 Å². The number of nitrogens with zero attached hydrogens (tertiary/aromatic N) is 6. The molecule has 2 aromatic heterocycles. The number of anilines is 1. The number of aryl methyl sites for hydroxylation is 2. The zero-order valence-corrected chi connectivity index (χ0v) is 21.9. The van der Waals surface area contributed by atoms with Gasteiger partial charge in [0.25, 0.3) is 0 Å². The van der Waals surface area contributed by atoms with Gasteiger partial charge >= 0.3 is 0 Å². The number of piperazine rings is 1. The van der Waals surface area contributed by atoms with Gasteiger partial charge in [0, 0.05) is 55.6 Å². The van der Waals surface area contributed by atoms with Crippen LogP contribution in [0.25, 0.3) is 16.6 Å². The van der Waals surface area contributed by atoms with Crippen molar-refractivity contribution >= 4 is 41.4 Å². The standard InChI is InChI=1S/C26H27FN6O.2ClH/c1-17-6-7-21-22(28-17)14-20(27)15-24(21)32-12-10-31(11-13-32)9-8-19-4-3-5-23-26(19)34-16-25-30-29-18(2)33(23)25;;/h3-7,14-15H,8-13,16H2,1-2H3;2*1H. The van der Waals surface area contributed by atoms with E-state index in [4.69, 9.17) is 4.74 Å². The highest BCUT2D eigenvalue weighted by molar-refractivity contribution is 5.92. The van der Waals surface area contributed by atoms with Crippen molar-refractivity contribution in [2.75, 3.05) is 37.6 Å². The number of rotatable bonds is 4. The molecule has 190 valence electrons. The normalized spacial score (nSPS) is 14.9. The Bertz CT molecular complexity index is 1380. The fraction of sp³-hybridized carbons (Fsp3) is 0.346. The highest BCUT2D eigenvalue weighted by atomic mass is 35.5. The molecule has 0 bridgehead atoms. The molecule has 2 aliphatic rings. The summed E-state index contributed by atoms with van der Waals surface area (Å²) in [7, 11) is 0. The zero-order valence-electron chi connectivity index (χ0n) is 20.3. The van der Waals surface area contributed by atoms with E-state index in [1.165, 1.54) is 11.6 Å². The van der Waals surface area contributed by atoms with Crippen LogP contribution in [0.5, 0.6) is 5.75 Å². The van der Waals surface area contributed by atoms with E-state index in [2.05, 4.69) is 53.8 Å². The van der Waals surface area contributed by atoms with Gasteiger partial charge in [0.05, 0.1) is 11.2 Å². The number of halogens is 3. The number of hydrogen-bond acceptors (Lipinski definition) is 6. The highest BCUT2D eigenvalue weighted by Crippen LogP contribution is 2.34. The van der Waals surface area contributed by atoms with Crippen LogP contribution < -0.4 is 9.64 Å². The monoisotopic (exact) mass is 530 g/mol. The van der Waals surface area contributed by atoms with Gasteiger partial charge in [-0.3, -0.25) is 14.5 Å². The van der Waals surface area contributed by atoms with Crippen LogP contribution in [0.1, 0.15) is 22.9 Å². The number of aromatic nitrogens is 4. The number of pyridine rings is 1. The first-order chi connectivity index (χ1) is 16.6. The molecule has 4 aromatic rings. The molecule has 2 aromatic carbocycles. The smallest absolute Gasteiger partial charge is 0.175 e. The SMILES string of the molecule is Cc1ccc2c(N3CCN(CCc4cccc5c4OCc4nnc(C)n4-5)CC3)cc(F)cc2n1.Cl.Cl. The molecule has 7 nitrogen and oxygen atoms in total. The molecule has 10 heteroatoms. The van der Waals surface area contributed by atoms with Gasteiger partial charge < -0.3 is 9.64 Å². The average Bonchev–Trinajstić information content (AvgIpc) is 3.23. The molecule has 0 aliphatic carbocycles. The van der Waals surface area contributed by atoms with Gasteiger partial charge in [-0.25, -0.2) is 4.39 Å². The third-order valence-electron chi connectivity index (χ3n) is 6.85. The number of fused-ring (bicyclic) bond motifs is 4. The molecule has 0 N–H and O–H groups in total. The summed E-state index contributed by atoms with van der Waals surface area (Å²) in [5.41, 5.74) is 4.78. The maximum absolute atomic E-state index is 14.3. The molecular weight excluding hydrogens is 502 g/mol. The summed E-state index contributed by atoms with van der Waals surface area (Å²) in [6.45, 7) is 8.88. The molecule has 0 radical (unpaired) electrons. The van der Waals surface area contributed by atoms with E-state index in [9.17, 15) is 4.39 Å². The van der Waals surface area contributed by atoms with Crippen molar-refractivity contribution in [3.05, 3.63) is 71.2 Å². The van der Waals surface area contributed by atoms with Crippen LogP contribution in [0.2, 0.25) is 0 Å². The van der Waals surface area contributed by atoms with Crippen LogP contribution >= 0.6 is 24.8 Å². The fourth-order valence-electron chi connectivity index (χ4n) is 5.10.